The van der Waals surface area contributed by atoms with Crippen molar-refractivity contribution in [1.29, 1.82) is 0 Å². The minimum atomic E-state index is -4.61. The smallest absolute Gasteiger partial charge is 0.274 e. The van der Waals surface area contributed by atoms with Crippen LogP contribution in [0.3, 0.4) is 0 Å². The molecule has 2 aromatic rings. The van der Waals surface area contributed by atoms with Crippen LogP contribution >= 0.6 is 0 Å². The van der Waals surface area contributed by atoms with Crippen molar-refractivity contribution in [2.45, 2.75) is 32.5 Å². The zero-order chi connectivity index (χ0) is 18.6. The largest absolute Gasteiger partial charge is 0.417 e. The summed E-state index contributed by atoms with van der Waals surface area (Å²) in [6.45, 7) is 3.70. The average molecular weight is 351 g/mol. The van der Waals surface area contributed by atoms with E-state index in [1.807, 2.05) is 31.2 Å². The molecule has 2 rings (SSSR count). The first-order valence-electron chi connectivity index (χ1n) is 7.83. The number of carbonyl (C=O) groups excluding carboxylic acids is 1. The molecule has 3 nitrogen and oxygen atoms in total. The minimum absolute atomic E-state index is 0.424. The number of halogens is 3. The third-order valence-electron chi connectivity index (χ3n) is 3.91. The molecule has 0 N–H and O–H groups in total. The molecule has 1 atom stereocenters. The first kappa shape index (κ1) is 19.0. The Morgan fingerprint density at radius 3 is 2.28 bits per heavy atom. The summed E-state index contributed by atoms with van der Waals surface area (Å²) in [6.07, 6.45) is -4.14. The first-order chi connectivity index (χ1) is 11.7. The highest BCUT2D eigenvalue weighted by atomic mass is 19.4. The predicted octanol–water partition coefficient (Wildman–Crippen LogP) is 4.65. The van der Waals surface area contributed by atoms with Crippen molar-refractivity contribution >= 4 is 5.91 Å². The van der Waals surface area contributed by atoms with Gasteiger partial charge in [-0.1, -0.05) is 42.0 Å². The van der Waals surface area contributed by atoms with Gasteiger partial charge in [0.25, 0.3) is 5.91 Å². The van der Waals surface area contributed by atoms with Crippen LogP contribution in [0.4, 0.5) is 13.2 Å². The minimum Gasteiger partial charge on any atom is -0.274 e. The highest BCUT2D eigenvalue weighted by Gasteiger charge is 2.36. The molecule has 0 bridgehead atoms. The molecule has 0 radical (unpaired) electrons. The molecule has 0 unspecified atom stereocenters. The molecule has 2 aromatic carbocycles. The fraction of sp³-hybridized carbons (Fsp3) is 0.316. The van der Waals surface area contributed by atoms with Gasteiger partial charge < -0.3 is 0 Å². The van der Waals surface area contributed by atoms with Crippen molar-refractivity contribution in [3.05, 3.63) is 70.8 Å². The molecule has 0 spiro atoms. The van der Waals surface area contributed by atoms with Crippen LogP contribution in [0.25, 0.3) is 0 Å². The van der Waals surface area contributed by atoms with Gasteiger partial charge >= 0.3 is 6.18 Å². The number of carbonyl (C=O) groups is 1. The molecular weight excluding hydrogens is 331 g/mol. The summed E-state index contributed by atoms with van der Waals surface area (Å²) in [5.41, 5.74) is 0.685. The molecule has 25 heavy (non-hydrogen) atoms. The summed E-state index contributed by atoms with van der Waals surface area (Å²) < 4.78 is 39.5. The van der Waals surface area contributed by atoms with E-state index in [4.69, 9.17) is 4.84 Å². The van der Waals surface area contributed by atoms with Gasteiger partial charge in [-0.25, -0.2) is 5.06 Å². The summed E-state index contributed by atoms with van der Waals surface area (Å²) in [4.78, 5) is 17.7. The Morgan fingerprint density at radius 1 is 1.12 bits per heavy atom. The van der Waals surface area contributed by atoms with Crippen LogP contribution in [0.1, 0.15) is 34.0 Å². The van der Waals surface area contributed by atoms with Crippen molar-refractivity contribution in [2.24, 2.45) is 0 Å². The number of hydrogen-bond acceptors (Lipinski definition) is 2. The van der Waals surface area contributed by atoms with E-state index in [2.05, 4.69) is 0 Å². The van der Waals surface area contributed by atoms with E-state index in [1.54, 1.807) is 6.92 Å². The lowest BCUT2D eigenvalue weighted by Crippen LogP contribution is -2.39. The molecular formula is C19H20F3NO2. The number of nitrogens with zero attached hydrogens (tertiary/aromatic N) is 1. The Bertz CT molecular complexity index is 726. The summed E-state index contributed by atoms with van der Waals surface area (Å²) >= 11 is 0. The van der Waals surface area contributed by atoms with Gasteiger partial charge in [0.15, 0.2) is 0 Å². The summed E-state index contributed by atoms with van der Waals surface area (Å²) in [6, 6.07) is 12.0. The van der Waals surface area contributed by atoms with Gasteiger partial charge in [0, 0.05) is 0 Å². The number of amides is 1. The van der Waals surface area contributed by atoms with Crippen LogP contribution in [0, 0.1) is 6.92 Å². The number of benzene rings is 2. The molecule has 0 saturated heterocycles. The van der Waals surface area contributed by atoms with E-state index < -0.39 is 29.3 Å². The molecule has 0 fully saturated rings. The summed E-state index contributed by atoms with van der Waals surface area (Å²) in [7, 11) is 1.28. The Labute approximate surface area is 145 Å². The van der Waals surface area contributed by atoms with Crippen molar-refractivity contribution in [1.82, 2.24) is 5.06 Å². The molecule has 0 aromatic heterocycles. The van der Waals surface area contributed by atoms with E-state index in [1.165, 1.54) is 19.2 Å². The van der Waals surface area contributed by atoms with Crippen molar-refractivity contribution in [3.63, 3.8) is 0 Å². The van der Waals surface area contributed by atoms with E-state index in [-0.39, 0.29) is 0 Å². The zero-order valence-corrected chi connectivity index (χ0v) is 14.3. The monoisotopic (exact) mass is 351 g/mol. The Morgan fingerprint density at radius 2 is 1.72 bits per heavy atom. The lowest BCUT2D eigenvalue weighted by molar-refractivity contribution is -0.140. The molecule has 0 aliphatic carbocycles. The van der Waals surface area contributed by atoms with Crippen LogP contribution < -0.4 is 0 Å². The molecule has 0 heterocycles. The van der Waals surface area contributed by atoms with Gasteiger partial charge in [-0.3, -0.25) is 9.63 Å². The molecule has 0 aliphatic rings. The normalized spacial score (nSPS) is 12.7. The lowest BCUT2D eigenvalue weighted by Gasteiger charge is -2.27. The highest BCUT2D eigenvalue weighted by Crippen LogP contribution is 2.32. The Balaban J connectivity index is 2.25. The molecule has 0 saturated carbocycles. The number of alkyl halides is 3. The van der Waals surface area contributed by atoms with Crippen LogP contribution in [0.15, 0.2) is 48.5 Å². The van der Waals surface area contributed by atoms with Gasteiger partial charge in [0.2, 0.25) is 0 Å². The Hall–Kier alpha value is -2.34. The van der Waals surface area contributed by atoms with E-state index in [0.717, 1.165) is 28.3 Å². The third-order valence-corrected chi connectivity index (χ3v) is 3.91. The van der Waals surface area contributed by atoms with Crippen LogP contribution in [-0.4, -0.2) is 24.1 Å². The number of hydrogen-bond donors (Lipinski definition) is 0. The fourth-order valence-electron chi connectivity index (χ4n) is 2.65. The molecule has 1 amide bonds. The maximum absolute atomic E-state index is 13.2. The van der Waals surface area contributed by atoms with Crippen LogP contribution in [-0.2, 0) is 17.4 Å². The van der Waals surface area contributed by atoms with Crippen molar-refractivity contribution in [2.75, 3.05) is 7.11 Å². The van der Waals surface area contributed by atoms with Gasteiger partial charge in [0.05, 0.1) is 24.3 Å². The van der Waals surface area contributed by atoms with Crippen molar-refractivity contribution in [3.8, 4) is 0 Å². The second-order valence-electron chi connectivity index (χ2n) is 5.90. The highest BCUT2D eigenvalue weighted by molar-refractivity contribution is 5.95. The number of aryl methyl sites for hydroxylation is 1. The van der Waals surface area contributed by atoms with E-state index in [9.17, 15) is 18.0 Å². The van der Waals surface area contributed by atoms with Gasteiger partial charge in [0.1, 0.15) is 0 Å². The van der Waals surface area contributed by atoms with Crippen LogP contribution in [0.2, 0.25) is 0 Å². The maximum Gasteiger partial charge on any atom is 0.417 e. The van der Waals surface area contributed by atoms with Gasteiger partial charge in [-0.15, -0.1) is 0 Å². The fourth-order valence-corrected chi connectivity index (χ4v) is 2.65. The molecule has 6 heteroatoms. The summed E-state index contributed by atoms with van der Waals surface area (Å²) in [5, 5.41) is 0.991. The second kappa shape index (κ2) is 7.70. The van der Waals surface area contributed by atoms with E-state index in [0.29, 0.717) is 6.42 Å². The summed E-state index contributed by atoms with van der Waals surface area (Å²) in [5.74, 6) is -0.810. The third kappa shape index (κ3) is 4.60. The lowest BCUT2D eigenvalue weighted by atomic mass is 10.0. The average Bonchev–Trinajstić information content (AvgIpc) is 2.56. The van der Waals surface area contributed by atoms with Crippen molar-refractivity contribution < 1.29 is 22.8 Å². The van der Waals surface area contributed by atoms with Gasteiger partial charge in [-0.2, -0.15) is 13.2 Å². The number of rotatable bonds is 5. The predicted molar refractivity (Wildman–Crippen MR) is 89.0 cm³/mol. The SMILES string of the molecule is CON(C(=O)c1ccccc1C(F)(F)F)[C@@H](C)Cc1ccc(C)cc1. The standard InChI is InChI=1S/C19H20F3NO2/c1-13-8-10-15(11-9-13)12-14(2)23(25-3)18(24)16-6-4-5-7-17(16)19(20,21)22/h4-11,14H,12H2,1-3H3/t14-/m0/s1. The zero-order valence-electron chi connectivity index (χ0n) is 14.3. The topological polar surface area (TPSA) is 29.5 Å². The van der Waals surface area contributed by atoms with Crippen LogP contribution in [0.5, 0.6) is 0 Å². The maximum atomic E-state index is 13.2. The van der Waals surface area contributed by atoms with E-state index >= 15 is 0 Å². The first-order valence-corrected chi connectivity index (χ1v) is 7.83. The quantitative estimate of drug-likeness (QED) is 0.734. The number of hydroxylamine groups is 2. The molecule has 134 valence electrons. The Kier molecular flexibility index (Phi) is 5.85. The van der Waals surface area contributed by atoms with Gasteiger partial charge in [-0.05, 0) is 38.0 Å². The molecule has 0 aliphatic heterocycles. The second-order valence-corrected chi connectivity index (χ2v) is 5.90.